The van der Waals surface area contributed by atoms with E-state index < -0.39 is 11.4 Å². The van der Waals surface area contributed by atoms with Gasteiger partial charge in [-0.05, 0) is 43.7 Å². The van der Waals surface area contributed by atoms with Gasteiger partial charge in [-0.1, -0.05) is 30.7 Å². The average molecular weight is 330 g/mol. The highest BCUT2D eigenvalue weighted by atomic mass is 16.4. The minimum absolute atomic E-state index is 0.0289. The van der Waals surface area contributed by atoms with Gasteiger partial charge >= 0.3 is 5.97 Å². The number of amides is 1. The third-order valence-corrected chi connectivity index (χ3v) is 5.96. The first-order valence-electron chi connectivity index (χ1n) is 8.74. The summed E-state index contributed by atoms with van der Waals surface area (Å²) in [4.78, 5) is 26.3. The summed E-state index contributed by atoms with van der Waals surface area (Å²) < 4.78 is 0. The number of hydrogen-bond donors (Lipinski definition) is 2. The van der Waals surface area contributed by atoms with Gasteiger partial charge in [0.2, 0.25) is 5.91 Å². The van der Waals surface area contributed by atoms with Crippen LogP contribution in [0.2, 0.25) is 0 Å². The second-order valence-electron chi connectivity index (χ2n) is 7.30. The van der Waals surface area contributed by atoms with E-state index in [1.54, 1.807) is 0 Å². The molecule has 0 bridgehead atoms. The molecule has 1 aromatic rings. The van der Waals surface area contributed by atoms with E-state index in [4.69, 9.17) is 0 Å². The zero-order valence-electron chi connectivity index (χ0n) is 14.4. The van der Waals surface area contributed by atoms with Crippen LogP contribution in [-0.2, 0) is 16.1 Å². The van der Waals surface area contributed by atoms with E-state index >= 15 is 0 Å². The smallest absolute Gasteiger partial charge is 0.311 e. The van der Waals surface area contributed by atoms with Crippen LogP contribution in [0.1, 0.15) is 37.3 Å². The highest BCUT2D eigenvalue weighted by molar-refractivity contribution is 5.82. The first-order valence-corrected chi connectivity index (χ1v) is 8.74. The molecule has 1 saturated carbocycles. The maximum atomic E-state index is 12.5. The molecule has 1 heterocycles. The van der Waals surface area contributed by atoms with Crippen LogP contribution >= 0.6 is 0 Å². The highest BCUT2D eigenvalue weighted by Crippen LogP contribution is 2.49. The van der Waals surface area contributed by atoms with Crippen LogP contribution in [0.5, 0.6) is 0 Å². The number of hydrogen-bond acceptors (Lipinski definition) is 3. The molecule has 0 aromatic heterocycles. The van der Waals surface area contributed by atoms with Gasteiger partial charge in [0.05, 0.1) is 11.5 Å². The first-order chi connectivity index (χ1) is 11.4. The van der Waals surface area contributed by atoms with Crippen molar-refractivity contribution in [3.8, 4) is 0 Å². The quantitative estimate of drug-likeness (QED) is 0.868. The van der Waals surface area contributed by atoms with Crippen molar-refractivity contribution < 1.29 is 14.7 Å². The lowest BCUT2D eigenvalue weighted by Crippen LogP contribution is -2.45. The Kier molecular flexibility index (Phi) is 4.63. The molecule has 1 aliphatic carbocycles. The van der Waals surface area contributed by atoms with Crippen LogP contribution in [0.4, 0.5) is 0 Å². The van der Waals surface area contributed by atoms with E-state index in [1.807, 2.05) is 43.0 Å². The van der Waals surface area contributed by atoms with Crippen molar-refractivity contribution >= 4 is 11.9 Å². The Morgan fingerprint density at radius 3 is 2.83 bits per heavy atom. The van der Waals surface area contributed by atoms with Crippen LogP contribution in [0.25, 0.3) is 0 Å². The van der Waals surface area contributed by atoms with E-state index in [9.17, 15) is 14.7 Å². The first kappa shape index (κ1) is 17.0. The molecule has 1 saturated heterocycles. The summed E-state index contributed by atoms with van der Waals surface area (Å²) in [7, 11) is 0. The number of aryl methyl sites for hydroxylation is 1. The molecule has 1 amide bonds. The summed E-state index contributed by atoms with van der Waals surface area (Å²) in [6, 6.07) is 7.70. The molecular weight excluding hydrogens is 304 g/mol. The fourth-order valence-corrected chi connectivity index (χ4v) is 4.28. The minimum atomic E-state index is -0.694. The Morgan fingerprint density at radius 1 is 1.42 bits per heavy atom. The zero-order chi connectivity index (χ0) is 17.3. The summed E-state index contributed by atoms with van der Waals surface area (Å²) >= 11 is 0. The summed E-state index contributed by atoms with van der Waals surface area (Å²) in [5.41, 5.74) is 1.63. The van der Waals surface area contributed by atoms with Gasteiger partial charge in [0.1, 0.15) is 0 Å². The molecule has 5 heteroatoms. The normalized spacial score (nSPS) is 27.7. The number of carbonyl (C=O) groups excluding carboxylic acids is 1. The van der Waals surface area contributed by atoms with Crippen LogP contribution in [0.3, 0.4) is 0 Å². The Bertz CT molecular complexity index is 645. The maximum Gasteiger partial charge on any atom is 0.311 e. The molecule has 2 aliphatic rings. The molecule has 1 aromatic carbocycles. The van der Waals surface area contributed by atoms with Crippen LogP contribution in [0.15, 0.2) is 24.3 Å². The third-order valence-electron chi connectivity index (χ3n) is 5.96. The predicted octanol–water partition coefficient (Wildman–Crippen LogP) is 2.19. The lowest BCUT2D eigenvalue weighted by atomic mass is 9.81. The molecule has 24 heavy (non-hydrogen) atoms. The number of benzene rings is 1. The van der Waals surface area contributed by atoms with Gasteiger partial charge in [-0.15, -0.1) is 0 Å². The largest absolute Gasteiger partial charge is 0.481 e. The zero-order valence-corrected chi connectivity index (χ0v) is 14.4. The van der Waals surface area contributed by atoms with Crippen molar-refractivity contribution in [1.29, 1.82) is 0 Å². The molecule has 2 N–H and O–H groups in total. The lowest BCUT2D eigenvalue weighted by Gasteiger charge is -2.26. The summed E-state index contributed by atoms with van der Waals surface area (Å²) in [5, 5.41) is 12.7. The van der Waals surface area contributed by atoms with Crippen molar-refractivity contribution in [2.24, 2.45) is 11.3 Å². The van der Waals surface area contributed by atoms with Gasteiger partial charge in [0.25, 0.3) is 0 Å². The molecule has 3 rings (SSSR count). The topological polar surface area (TPSA) is 69.6 Å². The number of nitrogens with zero attached hydrogens (tertiary/aromatic N) is 1. The number of fused-ring (bicyclic) bond motifs is 1. The number of nitrogens with one attached hydrogen (secondary N) is 1. The molecule has 0 radical (unpaired) electrons. The molecule has 5 nitrogen and oxygen atoms in total. The van der Waals surface area contributed by atoms with Gasteiger partial charge in [-0.2, -0.15) is 0 Å². The molecule has 0 spiro atoms. The molecule has 130 valence electrons. The summed E-state index contributed by atoms with van der Waals surface area (Å²) in [6.45, 7) is 5.63. The number of carboxylic acid groups (broad SMARTS) is 1. The lowest BCUT2D eigenvalue weighted by molar-refractivity contribution is -0.149. The van der Waals surface area contributed by atoms with Crippen molar-refractivity contribution in [2.75, 3.05) is 13.1 Å². The van der Waals surface area contributed by atoms with E-state index in [0.29, 0.717) is 19.6 Å². The van der Waals surface area contributed by atoms with Gasteiger partial charge in [-0.25, -0.2) is 0 Å². The molecule has 3 atom stereocenters. The summed E-state index contributed by atoms with van der Waals surface area (Å²) in [5.74, 6) is -0.541. The Morgan fingerprint density at radius 2 is 2.17 bits per heavy atom. The second kappa shape index (κ2) is 6.55. The Balaban J connectivity index is 1.61. The Hall–Kier alpha value is -1.88. The molecule has 1 unspecified atom stereocenters. The molecule has 2 fully saturated rings. The van der Waals surface area contributed by atoms with Gasteiger partial charge in [0.15, 0.2) is 0 Å². The van der Waals surface area contributed by atoms with Crippen molar-refractivity contribution in [2.45, 2.75) is 45.7 Å². The number of rotatable bonds is 5. The van der Waals surface area contributed by atoms with E-state index in [2.05, 4.69) is 5.32 Å². The monoisotopic (exact) mass is 330 g/mol. The predicted molar refractivity (Wildman–Crippen MR) is 91.5 cm³/mol. The van der Waals surface area contributed by atoms with Crippen LogP contribution in [-0.4, -0.2) is 41.0 Å². The number of carbonyl (C=O) groups is 2. The van der Waals surface area contributed by atoms with Gasteiger partial charge < -0.3 is 10.4 Å². The van der Waals surface area contributed by atoms with E-state index in [0.717, 1.165) is 30.4 Å². The maximum absolute atomic E-state index is 12.5. The third kappa shape index (κ3) is 2.93. The van der Waals surface area contributed by atoms with Gasteiger partial charge in [0, 0.05) is 19.6 Å². The number of carboxylic acids is 1. The molecular formula is C19H26N2O3. The summed E-state index contributed by atoms with van der Waals surface area (Å²) in [6.07, 6.45) is 2.68. The van der Waals surface area contributed by atoms with E-state index in [-0.39, 0.29) is 17.9 Å². The number of likely N-dealkylation sites (tertiary alicyclic amines) is 1. The van der Waals surface area contributed by atoms with Gasteiger partial charge in [-0.3, -0.25) is 14.5 Å². The average Bonchev–Trinajstić information content (AvgIpc) is 3.11. The minimum Gasteiger partial charge on any atom is -0.481 e. The SMILES string of the molecule is Cc1ccccc1CNC(=O)C(C)N1C[C@@H]2CCC[C@@]2(C(=O)O)C1. The van der Waals surface area contributed by atoms with Crippen molar-refractivity contribution in [3.05, 3.63) is 35.4 Å². The van der Waals surface area contributed by atoms with E-state index in [1.165, 1.54) is 0 Å². The molecule has 1 aliphatic heterocycles. The number of aliphatic carboxylic acids is 1. The van der Waals surface area contributed by atoms with Crippen LogP contribution < -0.4 is 5.32 Å². The van der Waals surface area contributed by atoms with Crippen molar-refractivity contribution in [1.82, 2.24) is 10.2 Å². The Labute approximate surface area is 143 Å². The second-order valence-corrected chi connectivity index (χ2v) is 7.30. The fraction of sp³-hybridized carbons (Fsp3) is 0.579. The standard InChI is InChI=1S/C19H26N2O3/c1-13-6-3-4-7-15(13)10-20-17(22)14(2)21-11-16-8-5-9-19(16,12-21)18(23)24/h3-4,6-7,14,16H,5,8-12H2,1-2H3,(H,20,22)(H,23,24)/t14?,16-,19+/m0/s1. The van der Waals surface area contributed by atoms with Crippen LogP contribution in [0, 0.1) is 18.3 Å². The highest BCUT2D eigenvalue weighted by Gasteiger charge is 2.55. The van der Waals surface area contributed by atoms with Crippen molar-refractivity contribution in [3.63, 3.8) is 0 Å². The fourth-order valence-electron chi connectivity index (χ4n) is 4.28.